The van der Waals surface area contributed by atoms with Gasteiger partial charge in [0, 0.05) is 12.8 Å². The van der Waals surface area contributed by atoms with Crippen LogP contribution in [0.3, 0.4) is 0 Å². The summed E-state index contributed by atoms with van der Waals surface area (Å²) in [6, 6.07) is 0. The van der Waals surface area contributed by atoms with E-state index in [1.807, 2.05) is 21.1 Å². The predicted molar refractivity (Wildman–Crippen MR) is 353 cm³/mol. The van der Waals surface area contributed by atoms with Gasteiger partial charge in [-0.1, -0.05) is 284 Å². The molecule has 0 radical (unpaired) electrons. The van der Waals surface area contributed by atoms with E-state index in [1.165, 1.54) is 148 Å². The number of carbonyl (C=O) groups is 2. The summed E-state index contributed by atoms with van der Waals surface area (Å²) in [5, 5.41) is 0. The Kier molecular flexibility index (Phi) is 59.7. The van der Waals surface area contributed by atoms with Gasteiger partial charge in [-0.15, -0.1) is 0 Å². The number of phosphoric ester groups is 1. The number of carbonyl (C=O) groups excluding carboxylic acids is 2. The third kappa shape index (κ3) is 65.8. The summed E-state index contributed by atoms with van der Waals surface area (Å²) in [5.74, 6) is -0.803. The molecule has 472 valence electrons. The zero-order valence-electron chi connectivity index (χ0n) is 53.7. The SMILES string of the molecule is CC/C=C\C/C=C\C/C=C\C/C=C\C/C=C\C/C=C\CCCCCCCCCCCCCCCCCCCCCCCCC(=O)OC(COC(=O)CCCCCCCCC/C=C\C/C=C\C/C=C\CC)COP(=O)(O)OCC[N+](C)(C)C. The van der Waals surface area contributed by atoms with Crippen LogP contribution < -0.4 is 0 Å². The van der Waals surface area contributed by atoms with Gasteiger partial charge in [0.1, 0.15) is 19.8 Å². The number of quaternary nitrogens is 1. The van der Waals surface area contributed by atoms with E-state index in [4.69, 9.17) is 18.5 Å². The van der Waals surface area contributed by atoms with E-state index in [2.05, 4.69) is 123 Å². The lowest BCUT2D eigenvalue weighted by molar-refractivity contribution is -0.870. The Morgan fingerprint density at radius 3 is 0.976 bits per heavy atom. The van der Waals surface area contributed by atoms with Gasteiger partial charge in [-0.25, -0.2) is 4.57 Å². The van der Waals surface area contributed by atoms with Gasteiger partial charge in [0.2, 0.25) is 0 Å². The van der Waals surface area contributed by atoms with Crippen LogP contribution in [0.25, 0.3) is 0 Å². The van der Waals surface area contributed by atoms with Crippen LogP contribution in [0.5, 0.6) is 0 Å². The number of hydrogen-bond acceptors (Lipinski definition) is 7. The van der Waals surface area contributed by atoms with Gasteiger partial charge in [0.15, 0.2) is 6.10 Å². The van der Waals surface area contributed by atoms with Crippen LogP contribution in [-0.4, -0.2) is 74.9 Å². The first kappa shape index (κ1) is 78.7. The Morgan fingerprint density at radius 1 is 0.378 bits per heavy atom. The highest BCUT2D eigenvalue weighted by atomic mass is 31.2. The minimum absolute atomic E-state index is 0.0277. The lowest BCUT2D eigenvalue weighted by atomic mass is 10.0. The minimum Gasteiger partial charge on any atom is -0.462 e. The average molecular weight is 1170 g/mol. The van der Waals surface area contributed by atoms with E-state index in [0.29, 0.717) is 17.4 Å². The molecule has 0 fully saturated rings. The Hall–Kier alpha value is -3.33. The number of phosphoric acid groups is 1. The molecular formula is C72H127NO8P+. The normalized spacial score (nSPS) is 13.9. The van der Waals surface area contributed by atoms with Gasteiger partial charge in [-0.05, 0) is 96.3 Å². The molecule has 0 rings (SSSR count). The van der Waals surface area contributed by atoms with Crippen molar-refractivity contribution in [2.75, 3.05) is 47.5 Å². The molecule has 0 bridgehead atoms. The zero-order chi connectivity index (χ0) is 59.8. The van der Waals surface area contributed by atoms with Crippen molar-refractivity contribution < 1.29 is 42.1 Å². The van der Waals surface area contributed by atoms with Crippen LogP contribution in [0.4, 0.5) is 0 Å². The maximum Gasteiger partial charge on any atom is 0.472 e. The lowest BCUT2D eigenvalue weighted by Crippen LogP contribution is -2.37. The zero-order valence-corrected chi connectivity index (χ0v) is 54.6. The summed E-state index contributed by atoms with van der Waals surface area (Å²) in [6.07, 6.45) is 87.7. The van der Waals surface area contributed by atoms with Crippen LogP contribution in [0.15, 0.2) is 109 Å². The van der Waals surface area contributed by atoms with Crippen molar-refractivity contribution in [2.45, 2.75) is 290 Å². The second-order valence-corrected chi connectivity index (χ2v) is 24.9. The first-order valence-electron chi connectivity index (χ1n) is 33.6. The van der Waals surface area contributed by atoms with Gasteiger partial charge >= 0.3 is 19.8 Å². The van der Waals surface area contributed by atoms with Crippen molar-refractivity contribution in [1.29, 1.82) is 0 Å². The minimum atomic E-state index is -4.39. The molecule has 0 saturated heterocycles. The third-order valence-corrected chi connectivity index (χ3v) is 15.3. The molecular weight excluding hydrogens is 1040 g/mol. The van der Waals surface area contributed by atoms with Crippen LogP contribution in [0.1, 0.15) is 284 Å². The highest BCUT2D eigenvalue weighted by Gasteiger charge is 2.27. The molecule has 0 saturated carbocycles. The molecule has 0 aliphatic rings. The molecule has 0 aromatic rings. The van der Waals surface area contributed by atoms with E-state index in [9.17, 15) is 19.0 Å². The molecule has 2 unspecified atom stereocenters. The smallest absolute Gasteiger partial charge is 0.462 e. The molecule has 0 amide bonds. The van der Waals surface area contributed by atoms with Crippen molar-refractivity contribution in [3.8, 4) is 0 Å². The molecule has 10 heteroatoms. The second kappa shape index (κ2) is 62.2. The van der Waals surface area contributed by atoms with E-state index in [0.717, 1.165) is 103 Å². The Balaban J connectivity index is 3.94. The van der Waals surface area contributed by atoms with Crippen molar-refractivity contribution >= 4 is 19.8 Å². The van der Waals surface area contributed by atoms with Crippen LogP contribution in [0, 0.1) is 0 Å². The lowest BCUT2D eigenvalue weighted by Gasteiger charge is -2.24. The monoisotopic (exact) mass is 1160 g/mol. The molecule has 0 aliphatic heterocycles. The fraction of sp³-hybridized carbons (Fsp3) is 0.722. The van der Waals surface area contributed by atoms with E-state index in [-0.39, 0.29) is 32.0 Å². The number of allylic oxidation sites excluding steroid dienone is 18. The molecule has 82 heavy (non-hydrogen) atoms. The topological polar surface area (TPSA) is 108 Å². The molecule has 0 heterocycles. The largest absolute Gasteiger partial charge is 0.472 e. The fourth-order valence-corrected chi connectivity index (χ4v) is 9.95. The summed E-state index contributed by atoms with van der Waals surface area (Å²) in [7, 11) is 1.47. The number of likely N-dealkylation sites (N-methyl/N-ethyl adjacent to an activating group) is 1. The number of nitrogens with zero attached hydrogens (tertiary/aromatic N) is 1. The number of unbranched alkanes of at least 4 members (excludes halogenated alkanes) is 29. The highest BCUT2D eigenvalue weighted by Crippen LogP contribution is 2.43. The van der Waals surface area contributed by atoms with Gasteiger partial charge < -0.3 is 18.9 Å². The summed E-state index contributed by atoms with van der Waals surface area (Å²) >= 11 is 0. The molecule has 0 aromatic heterocycles. The average Bonchev–Trinajstić information content (AvgIpc) is 3.45. The first-order valence-corrected chi connectivity index (χ1v) is 35.1. The number of ether oxygens (including phenoxy) is 2. The third-order valence-electron chi connectivity index (χ3n) is 14.3. The van der Waals surface area contributed by atoms with Crippen molar-refractivity contribution in [3.05, 3.63) is 109 Å². The number of hydrogen-bond donors (Lipinski definition) is 1. The quantitative estimate of drug-likeness (QED) is 0.0211. The van der Waals surface area contributed by atoms with Crippen molar-refractivity contribution in [1.82, 2.24) is 0 Å². The Morgan fingerprint density at radius 2 is 0.659 bits per heavy atom. The van der Waals surface area contributed by atoms with Gasteiger partial charge in [0.05, 0.1) is 27.7 Å². The van der Waals surface area contributed by atoms with Gasteiger partial charge in [-0.3, -0.25) is 18.6 Å². The molecule has 0 aromatic carbocycles. The molecule has 2 atom stereocenters. The Bertz CT molecular complexity index is 1750. The van der Waals surface area contributed by atoms with E-state index in [1.54, 1.807) is 0 Å². The van der Waals surface area contributed by atoms with Crippen LogP contribution in [0.2, 0.25) is 0 Å². The van der Waals surface area contributed by atoms with E-state index >= 15 is 0 Å². The van der Waals surface area contributed by atoms with E-state index < -0.39 is 26.5 Å². The molecule has 1 N–H and O–H groups in total. The predicted octanol–water partition coefficient (Wildman–Crippen LogP) is 21.7. The summed E-state index contributed by atoms with van der Waals surface area (Å²) in [6.45, 7) is 4.21. The standard InChI is InChI=1S/C72H126NO8P/c1-6-8-10-12-14-16-18-20-22-24-25-26-27-28-29-30-31-32-33-34-35-36-37-38-39-40-41-42-43-44-45-46-47-49-51-53-55-57-59-61-63-65-72(75)81-70(69-80-82(76,77)79-67-66-73(3,4)5)68-78-71(74)64-62-60-58-56-54-52-50-48-23-21-19-17-15-13-11-9-7-2/h8-11,14-17,20-23,25-26,28-29,31-32,70H,6-7,12-13,18-19,24,27,30,33-69H2,1-5H3/p+1/b10-8-,11-9-,16-14-,17-15-,22-20-,23-21-,26-25-,29-28-,32-31-. The van der Waals surface area contributed by atoms with Gasteiger partial charge in [0.25, 0.3) is 0 Å². The highest BCUT2D eigenvalue weighted by molar-refractivity contribution is 7.47. The maximum atomic E-state index is 12.9. The van der Waals surface area contributed by atoms with Crippen LogP contribution in [-0.2, 0) is 32.7 Å². The maximum absolute atomic E-state index is 12.9. The summed E-state index contributed by atoms with van der Waals surface area (Å²) < 4.78 is 34.6. The molecule has 9 nitrogen and oxygen atoms in total. The summed E-state index contributed by atoms with van der Waals surface area (Å²) in [4.78, 5) is 35.8. The molecule has 0 spiro atoms. The first-order chi connectivity index (χ1) is 40.0. The molecule has 0 aliphatic carbocycles. The second-order valence-electron chi connectivity index (χ2n) is 23.4. The van der Waals surface area contributed by atoms with Crippen molar-refractivity contribution in [3.63, 3.8) is 0 Å². The van der Waals surface area contributed by atoms with Gasteiger partial charge in [-0.2, -0.15) is 0 Å². The van der Waals surface area contributed by atoms with Crippen molar-refractivity contribution in [2.24, 2.45) is 0 Å². The Labute approximate surface area is 506 Å². The van der Waals surface area contributed by atoms with Crippen LogP contribution >= 0.6 is 7.82 Å². The fourth-order valence-electron chi connectivity index (χ4n) is 9.21. The number of rotatable bonds is 61. The summed E-state index contributed by atoms with van der Waals surface area (Å²) in [5.41, 5.74) is 0. The number of esters is 2.